The number of nitro benzene ring substituents is 2. The standard InChI is InChI=1S/C7H8.C6H7BO2.2C6H6N2O2.3C2H6/c1-7-5-3-2-4-6-7;8-7(9)6-4-2-1-3-5-6;2*7-5-3-1-2-4-6(5)8(9)10;3*1-2/h2-6H,1H3;1-5,8-9H;2*1-4H,7H2;3*1-2H3. The molecule has 228 valence electrons. The fraction of sp³-hybridized carbons (Fsp3) is 0.226. The van der Waals surface area contributed by atoms with Crippen LogP contribution in [-0.2, 0) is 0 Å². The van der Waals surface area contributed by atoms with Crippen LogP contribution in [0.5, 0.6) is 0 Å². The molecule has 4 aromatic rings. The first kappa shape index (κ1) is 41.7. The molecule has 11 heteroatoms. The Morgan fingerprint density at radius 3 is 1.02 bits per heavy atom. The normalized spacial score (nSPS) is 8.21. The molecule has 0 aliphatic heterocycles. The van der Waals surface area contributed by atoms with E-state index >= 15 is 0 Å². The van der Waals surface area contributed by atoms with E-state index < -0.39 is 17.0 Å². The summed E-state index contributed by atoms with van der Waals surface area (Å²) in [5.74, 6) is 0. The van der Waals surface area contributed by atoms with Gasteiger partial charge in [-0.15, -0.1) is 0 Å². The topological polar surface area (TPSA) is 179 Å². The van der Waals surface area contributed by atoms with E-state index in [9.17, 15) is 20.2 Å². The Bertz CT molecular complexity index is 1160. The van der Waals surface area contributed by atoms with Gasteiger partial charge < -0.3 is 21.5 Å². The number of nitrogen functional groups attached to an aromatic ring is 2. The summed E-state index contributed by atoms with van der Waals surface area (Å²) in [5, 5.41) is 37.5. The summed E-state index contributed by atoms with van der Waals surface area (Å²) in [7, 11) is -1.34. The number of nitrogens with zero attached hydrogens (tertiary/aromatic N) is 2. The van der Waals surface area contributed by atoms with Crippen LogP contribution in [0.4, 0.5) is 22.7 Å². The average molecular weight is 581 g/mol. The zero-order valence-corrected chi connectivity index (χ0v) is 25.5. The predicted molar refractivity (Wildman–Crippen MR) is 177 cm³/mol. The molecular formula is C31H45BN4O6. The van der Waals surface area contributed by atoms with E-state index in [0.717, 1.165) is 0 Å². The Balaban J connectivity index is -0.000000457. The van der Waals surface area contributed by atoms with Crippen LogP contribution in [0.25, 0.3) is 0 Å². The zero-order valence-electron chi connectivity index (χ0n) is 25.5. The van der Waals surface area contributed by atoms with Crippen molar-refractivity contribution >= 4 is 35.3 Å². The van der Waals surface area contributed by atoms with Gasteiger partial charge in [0.25, 0.3) is 11.4 Å². The second kappa shape index (κ2) is 27.8. The van der Waals surface area contributed by atoms with E-state index in [-0.39, 0.29) is 22.7 Å². The quantitative estimate of drug-likeness (QED) is 0.0884. The largest absolute Gasteiger partial charge is 0.488 e. The molecule has 0 amide bonds. The number of anilines is 2. The highest BCUT2D eigenvalue weighted by atomic mass is 16.6. The number of nitrogens with two attached hydrogens (primary N) is 2. The van der Waals surface area contributed by atoms with E-state index in [1.165, 1.54) is 29.8 Å². The Labute approximate surface area is 250 Å². The number of nitro groups is 2. The maximum atomic E-state index is 10.1. The third kappa shape index (κ3) is 20.2. The molecule has 42 heavy (non-hydrogen) atoms. The number of hydrogen-bond donors (Lipinski definition) is 4. The second-order valence-electron chi connectivity index (χ2n) is 7.07. The molecular weight excluding hydrogens is 535 g/mol. The molecule has 0 saturated carbocycles. The van der Waals surface area contributed by atoms with Gasteiger partial charge >= 0.3 is 7.12 Å². The lowest BCUT2D eigenvalue weighted by Crippen LogP contribution is -2.29. The zero-order chi connectivity index (χ0) is 32.9. The van der Waals surface area contributed by atoms with Gasteiger partial charge in [-0.05, 0) is 24.5 Å². The monoisotopic (exact) mass is 580 g/mol. The highest BCUT2D eigenvalue weighted by Gasteiger charge is 2.08. The Morgan fingerprint density at radius 2 is 0.833 bits per heavy atom. The number of rotatable bonds is 3. The van der Waals surface area contributed by atoms with Crippen molar-refractivity contribution in [3.63, 3.8) is 0 Å². The number of aryl methyl sites for hydroxylation is 1. The van der Waals surface area contributed by atoms with Gasteiger partial charge in [-0.25, -0.2) is 0 Å². The van der Waals surface area contributed by atoms with Crippen molar-refractivity contribution in [3.05, 3.63) is 135 Å². The van der Waals surface area contributed by atoms with E-state index in [4.69, 9.17) is 21.5 Å². The van der Waals surface area contributed by atoms with Gasteiger partial charge in [0.15, 0.2) is 0 Å². The van der Waals surface area contributed by atoms with Crippen LogP contribution >= 0.6 is 0 Å². The lowest BCUT2D eigenvalue weighted by molar-refractivity contribution is -0.384. The molecule has 0 unspecified atom stereocenters. The van der Waals surface area contributed by atoms with E-state index in [2.05, 4.69) is 19.1 Å². The van der Waals surface area contributed by atoms with Gasteiger partial charge in [0.1, 0.15) is 11.4 Å². The smallest absolute Gasteiger partial charge is 0.423 e. The minimum Gasteiger partial charge on any atom is -0.423 e. The molecule has 0 radical (unpaired) electrons. The van der Waals surface area contributed by atoms with Gasteiger partial charge in [-0.1, -0.05) is 132 Å². The molecule has 4 rings (SSSR count). The van der Waals surface area contributed by atoms with Crippen molar-refractivity contribution < 1.29 is 19.9 Å². The summed E-state index contributed by atoms with van der Waals surface area (Å²) in [6.45, 7) is 14.1. The molecule has 0 saturated heterocycles. The number of para-hydroxylation sites is 4. The molecule has 0 atom stereocenters. The molecule has 0 bridgehead atoms. The number of benzene rings is 4. The third-order valence-electron chi connectivity index (χ3n) is 4.31. The second-order valence-corrected chi connectivity index (χ2v) is 7.07. The minimum absolute atomic E-state index is 0.0394. The van der Waals surface area contributed by atoms with Crippen molar-refractivity contribution in [3.8, 4) is 0 Å². The summed E-state index contributed by atoms with van der Waals surface area (Å²) < 4.78 is 0. The summed E-state index contributed by atoms with van der Waals surface area (Å²) in [4.78, 5) is 19.3. The maximum Gasteiger partial charge on any atom is 0.488 e. The van der Waals surface area contributed by atoms with E-state index in [1.54, 1.807) is 48.5 Å². The summed E-state index contributed by atoms with van der Waals surface area (Å²) in [6.07, 6.45) is 0. The van der Waals surface area contributed by atoms with Crippen LogP contribution in [0.15, 0.2) is 109 Å². The van der Waals surface area contributed by atoms with E-state index in [0.29, 0.717) is 5.46 Å². The maximum absolute atomic E-state index is 10.1. The molecule has 0 heterocycles. The van der Waals surface area contributed by atoms with Gasteiger partial charge in [0, 0.05) is 12.1 Å². The van der Waals surface area contributed by atoms with Crippen LogP contribution < -0.4 is 16.9 Å². The van der Waals surface area contributed by atoms with E-state index in [1.807, 2.05) is 65.8 Å². The van der Waals surface area contributed by atoms with Crippen molar-refractivity contribution in [1.82, 2.24) is 0 Å². The van der Waals surface area contributed by atoms with Crippen LogP contribution in [-0.4, -0.2) is 27.0 Å². The lowest BCUT2D eigenvalue weighted by atomic mass is 9.81. The Kier molecular flexibility index (Phi) is 27.6. The average Bonchev–Trinajstić information content (AvgIpc) is 3.02. The van der Waals surface area contributed by atoms with Gasteiger partial charge in [-0.3, -0.25) is 20.2 Å². The lowest BCUT2D eigenvalue weighted by Gasteiger charge is -1.94. The summed E-state index contributed by atoms with van der Waals surface area (Å²) in [6, 6.07) is 31.1. The molecule has 4 aromatic carbocycles. The Morgan fingerprint density at radius 1 is 0.548 bits per heavy atom. The molecule has 0 aliphatic rings. The highest BCUT2D eigenvalue weighted by molar-refractivity contribution is 6.58. The van der Waals surface area contributed by atoms with Crippen LogP contribution in [0.3, 0.4) is 0 Å². The molecule has 6 N–H and O–H groups in total. The molecule has 10 nitrogen and oxygen atoms in total. The Hall–Kier alpha value is -4.74. The van der Waals surface area contributed by atoms with Gasteiger partial charge in [-0.2, -0.15) is 0 Å². The van der Waals surface area contributed by atoms with Gasteiger partial charge in [0.2, 0.25) is 0 Å². The third-order valence-corrected chi connectivity index (χ3v) is 4.31. The van der Waals surface area contributed by atoms with Crippen molar-refractivity contribution in [1.29, 1.82) is 0 Å². The molecule has 0 aromatic heterocycles. The fourth-order valence-electron chi connectivity index (χ4n) is 2.47. The highest BCUT2D eigenvalue weighted by Crippen LogP contribution is 2.19. The molecule has 0 spiro atoms. The molecule has 0 aliphatic carbocycles. The number of hydrogen-bond acceptors (Lipinski definition) is 8. The van der Waals surface area contributed by atoms with Crippen LogP contribution in [0.2, 0.25) is 0 Å². The van der Waals surface area contributed by atoms with Crippen LogP contribution in [0.1, 0.15) is 47.1 Å². The van der Waals surface area contributed by atoms with Gasteiger partial charge in [0.05, 0.1) is 9.85 Å². The van der Waals surface area contributed by atoms with Crippen molar-refractivity contribution in [2.75, 3.05) is 11.5 Å². The van der Waals surface area contributed by atoms with Crippen molar-refractivity contribution in [2.45, 2.75) is 48.5 Å². The summed E-state index contributed by atoms with van der Waals surface area (Å²) >= 11 is 0. The summed E-state index contributed by atoms with van der Waals surface area (Å²) in [5.41, 5.74) is 12.7. The SMILES string of the molecule is CC.CC.CC.Cc1ccccc1.Nc1ccccc1[N+](=O)[O-].Nc1ccccc1[N+](=O)[O-].OB(O)c1ccccc1. The predicted octanol–water partition coefficient (Wildman–Crippen LogP) is 6.79. The first-order valence-electron chi connectivity index (χ1n) is 13.5. The minimum atomic E-state index is -1.34. The van der Waals surface area contributed by atoms with Crippen molar-refractivity contribution in [2.24, 2.45) is 0 Å². The first-order valence-corrected chi connectivity index (χ1v) is 13.5. The van der Waals surface area contributed by atoms with Crippen LogP contribution in [0, 0.1) is 27.2 Å². The fourth-order valence-corrected chi connectivity index (χ4v) is 2.47. The molecule has 0 fully saturated rings. The first-order chi connectivity index (χ1) is 20.1.